The van der Waals surface area contributed by atoms with E-state index in [2.05, 4.69) is 25.6 Å². The molecule has 2 N–H and O–H groups in total. The largest absolute Gasteiger partial charge is 0.480 e. The second kappa shape index (κ2) is 8.41. The molecule has 5 rings (SSSR count). The van der Waals surface area contributed by atoms with Crippen LogP contribution in [0.1, 0.15) is 25.7 Å². The van der Waals surface area contributed by atoms with Crippen LogP contribution < -0.4 is 10.1 Å². The number of benzene rings is 1. The summed E-state index contributed by atoms with van der Waals surface area (Å²) >= 11 is 0. The van der Waals surface area contributed by atoms with Crippen molar-refractivity contribution < 1.29 is 9.47 Å². The Labute approximate surface area is 195 Å². The number of aromatic amines is 1. The number of nitrogens with zero attached hydrogens (tertiary/aromatic N) is 5. The van der Waals surface area contributed by atoms with Gasteiger partial charge in [-0.2, -0.15) is 9.97 Å². The first-order chi connectivity index (χ1) is 15.8. The van der Waals surface area contributed by atoms with Crippen LogP contribution in [0.5, 0.6) is 5.88 Å². The molecule has 1 aromatic carbocycles. The molecule has 9 nitrogen and oxygen atoms in total. The second-order valence-corrected chi connectivity index (χ2v) is 8.49. The molecule has 4 aromatic rings. The van der Waals surface area contributed by atoms with Gasteiger partial charge in [0.25, 0.3) is 0 Å². The van der Waals surface area contributed by atoms with Gasteiger partial charge in [0.1, 0.15) is 11.2 Å². The highest BCUT2D eigenvalue weighted by atomic mass is 16.5. The lowest BCUT2D eigenvalue weighted by Gasteiger charge is -2.34. The van der Waals surface area contributed by atoms with Gasteiger partial charge in [0, 0.05) is 24.8 Å². The van der Waals surface area contributed by atoms with Crippen LogP contribution in [-0.4, -0.2) is 78.0 Å². The summed E-state index contributed by atoms with van der Waals surface area (Å²) in [6.07, 6.45) is 5.17. The summed E-state index contributed by atoms with van der Waals surface area (Å²) in [6.45, 7) is 0. The molecule has 3 aromatic heterocycles. The fourth-order valence-electron chi connectivity index (χ4n) is 4.43. The van der Waals surface area contributed by atoms with E-state index in [0.717, 1.165) is 53.2 Å². The van der Waals surface area contributed by atoms with Crippen LogP contribution in [0.25, 0.3) is 33.2 Å². The number of aryl methyl sites for hydroxylation is 1. The van der Waals surface area contributed by atoms with Crippen LogP contribution in [0, 0.1) is 0 Å². The van der Waals surface area contributed by atoms with E-state index in [4.69, 9.17) is 38.0 Å². The van der Waals surface area contributed by atoms with Crippen LogP contribution in [0.15, 0.2) is 24.4 Å². The van der Waals surface area contributed by atoms with Gasteiger partial charge in [-0.15, -0.1) is 5.10 Å². The molecule has 162 valence electrons. The summed E-state index contributed by atoms with van der Waals surface area (Å²) in [5.74, 6) is 1.01. The van der Waals surface area contributed by atoms with Gasteiger partial charge < -0.3 is 19.8 Å². The van der Waals surface area contributed by atoms with Crippen molar-refractivity contribution in [3.05, 3.63) is 24.4 Å². The first kappa shape index (κ1) is 21.8. The molecular weight excluding hydrogens is 415 g/mol. The molecule has 1 aliphatic rings. The number of nitrogens with one attached hydrogen (secondary N) is 2. The minimum Gasteiger partial charge on any atom is -0.480 e. The maximum atomic E-state index is 5.64. The summed E-state index contributed by atoms with van der Waals surface area (Å²) in [4.78, 5) is 12.6. The Hall–Kier alpha value is -3.01. The van der Waals surface area contributed by atoms with Crippen LogP contribution in [-0.2, 0) is 11.8 Å². The average molecular weight is 437 g/mol. The van der Waals surface area contributed by atoms with E-state index in [0.29, 0.717) is 17.5 Å². The molecule has 0 bridgehead atoms. The minimum absolute atomic E-state index is 0.0566. The van der Waals surface area contributed by atoms with Gasteiger partial charge in [-0.25, -0.2) is 4.68 Å². The molecule has 1 fully saturated rings. The second-order valence-electron chi connectivity index (χ2n) is 8.49. The van der Waals surface area contributed by atoms with Crippen molar-refractivity contribution in [3.8, 4) is 17.0 Å². The van der Waals surface area contributed by atoms with Gasteiger partial charge in [0.15, 0.2) is 0 Å². The number of ether oxygens (including phenoxy) is 2. The molecule has 6 radical (unpaired) electrons. The van der Waals surface area contributed by atoms with E-state index in [1.165, 1.54) is 0 Å². The van der Waals surface area contributed by atoms with Crippen molar-refractivity contribution in [1.82, 2.24) is 29.9 Å². The molecule has 33 heavy (non-hydrogen) atoms. The Bertz CT molecular complexity index is 1290. The van der Waals surface area contributed by atoms with Gasteiger partial charge in [-0.3, -0.25) is 0 Å². The number of hydrogen-bond donors (Lipinski definition) is 2. The SMILES string of the molecule is [B]C([B])([B])OC1CCC(Nc2nc(OC)c3c(-c4ccc5nnn(C)c5c4)c[nH]c3n2)CC1. The maximum absolute atomic E-state index is 5.64. The number of fused-ring (bicyclic) bond motifs is 2. The molecule has 1 saturated carbocycles. The summed E-state index contributed by atoms with van der Waals surface area (Å²) in [5, 5.41) is 10.9. The zero-order chi connectivity index (χ0) is 23.2. The number of methoxy groups -OCH3 is 1. The molecule has 0 saturated heterocycles. The molecule has 0 atom stereocenters. The highest BCUT2D eigenvalue weighted by Crippen LogP contribution is 2.35. The fraction of sp³-hybridized carbons (Fsp3) is 0.429. The maximum Gasteiger partial charge on any atom is 0.228 e. The zero-order valence-electron chi connectivity index (χ0n) is 18.6. The number of rotatable bonds is 6. The van der Waals surface area contributed by atoms with Crippen molar-refractivity contribution >= 4 is 51.6 Å². The average Bonchev–Trinajstić information content (AvgIpc) is 3.37. The normalized spacial score (nSPS) is 19.2. The van der Waals surface area contributed by atoms with E-state index >= 15 is 0 Å². The highest BCUT2D eigenvalue weighted by Gasteiger charge is 2.26. The van der Waals surface area contributed by atoms with Crippen molar-refractivity contribution in [3.63, 3.8) is 0 Å². The van der Waals surface area contributed by atoms with Gasteiger partial charge in [0.05, 0.1) is 47.7 Å². The molecule has 0 aliphatic heterocycles. The summed E-state index contributed by atoms with van der Waals surface area (Å²) in [7, 11) is 20.1. The molecule has 12 heteroatoms. The fourth-order valence-corrected chi connectivity index (χ4v) is 4.43. The number of H-pyrrole nitrogens is 1. The van der Waals surface area contributed by atoms with Crippen molar-refractivity contribution in [2.24, 2.45) is 7.05 Å². The van der Waals surface area contributed by atoms with Crippen LogP contribution in [0.2, 0.25) is 0 Å². The monoisotopic (exact) mass is 437 g/mol. The lowest BCUT2D eigenvalue weighted by molar-refractivity contribution is 0.0202. The Balaban J connectivity index is 1.39. The van der Waals surface area contributed by atoms with Crippen molar-refractivity contribution in [1.29, 1.82) is 0 Å². The summed E-state index contributed by atoms with van der Waals surface area (Å²) in [6, 6.07) is 6.20. The molecular formula is C21H22B3N7O2. The quantitative estimate of drug-likeness (QED) is 0.444. The molecule has 0 spiro atoms. The standard InChI is InChI=1S/C21H22B3N7O2/c1-31-16-9-11(3-8-15(16)29-30-31)14-10-25-18-17(14)19(32-2)28-20(27-18)26-12-4-6-13(7-5-12)33-21(22,23)24/h3,8-10,12-13H,4-7H2,1-2H3,(H2,25,26,27,28). The lowest BCUT2D eigenvalue weighted by atomic mass is 9.52. The van der Waals surface area contributed by atoms with E-state index in [1.54, 1.807) is 11.8 Å². The Morgan fingerprint density at radius 2 is 1.94 bits per heavy atom. The summed E-state index contributed by atoms with van der Waals surface area (Å²) in [5.41, 5.74) is 4.42. The molecule has 0 unspecified atom stereocenters. The topological polar surface area (TPSA) is 103 Å². The molecule has 3 heterocycles. The van der Waals surface area contributed by atoms with Gasteiger partial charge >= 0.3 is 0 Å². The van der Waals surface area contributed by atoms with E-state index < -0.39 is 5.30 Å². The zero-order valence-corrected chi connectivity index (χ0v) is 18.6. The first-order valence-corrected chi connectivity index (χ1v) is 10.8. The van der Waals surface area contributed by atoms with Gasteiger partial charge in [-0.1, -0.05) is 11.3 Å². The van der Waals surface area contributed by atoms with E-state index in [1.807, 2.05) is 31.4 Å². The third-order valence-electron chi connectivity index (χ3n) is 5.99. The van der Waals surface area contributed by atoms with Gasteiger partial charge in [-0.05, 0) is 48.7 Å². The summed E-state index contributed by atoms with van der Waals surface area (Å²) < 4.78 is 12.9. The Morgan fingerprint density at radius 3 is 2.67 bits per heavy atom. The highest BCUT2D eigenvalue weighted by molar-refractivity contribution is 6.58. The predicted molar refractivity (Wildman–Crippen MR) is 129 cm³/mol. The van der Waals surface area contributed by atoms with Crippen LogP contribution >= 0.6 is 0 Å². The Kier molecular flexibility index (Phi) is 5.56. The minimum atomic E-state index is -1.60. The van der Waals surface area contributed by atoms with Crippen molar-refractivity contribution in [2.75, 3.05) is 12.4 Å². The number of anilines is 1. The smallest absolute Gasteiger partial charge is 0.228 e. The number of hydrogen-bond acceptors (Lipinski definition) is 7. The number of aromatic nitrogens is 6. The van der Waals surface area contributed by atoms with Crippen LogP contribution in [0.4, 0.5) is 5.95 Å². The molecule has 0 amide bonds. The third-order valence-corrected chi connectivity index (χ3v) is 5.99. The van der Waals surface area contributed by atoms with E-state index in [9.17, 15) is 0 Å². The van der Waals surface area contributed by atoms with E-state index in [-0.39, 0.29) is 12.1 Å². The lowest BCUT2D eigenvalue weighted by Crippen LogP contribution is -2.41. The van der Waals surface area contributed by atoms with Gasteiger partial charge in [0.2, 0.25) is 11.8 Å². The first-order valence-electron chi connectivity index (χ1n) is 10.8. The molecule has 1 aliphatic carbocycles. The van der Waals surface area contributed by atoms with Crippen molar-refractivity contribution in [2.45, 2.75) is 43.1 Å². The Morgan fingerprint density at radius 1 is 1.15 bits per heavy atom. The third kappa shape index (κ3) is 4.44. The predicted octanol–water partition coefficient (Wildman–Crippen LogP) is 1.77. The van der Waals surface area contributed by atoms with Crippen LogP contribution in [0.3, 0.4) is 0 Å².